The third-order valence-electron chi connectivity index (χ3n) is 7.28. The molecule has 1 aliphatic carbocycles. The maximum atomic E-state index is 3.88. The Morgan fingerprint density at radius 1 is 0.769 bits per heavy atom. The molecule has 3 heterocycles. The van der Waals surface area contributed by atoms with Crippen molar-refractivity contribution in [3.63, 3.8) is 0 Å². The lowest BCUT2D eigenvalue weighted by Crippen LogP contribution is -2.61. The Kier molecular flexibility index (Phi) is 4.34. The van der Waals surface area contributed by atoms with E-state index in [1.165, 1.54) is 45.3 Å². The average Bonchev–Trinajstić information content (AvgIpc) is 3.11. The molecule has 2 unspecified atom stereocenters. The van der Waals surface area contributed by atoms with Gasteiger partial charge in [0.2, 0.25) is 0 Å². The molecule has 2 bridgehead atoms. The quantitative estimate of drug-likeness (QED) is 0.886. The van der Waals surface area contributed by atoms with Gasteiger partial charge < -0.3 is 5.32 Å². The van der Waals surface area contributed by atoms with E-state index in [1.54, 1.807) is 11.1 Å². The van der Waals surface area contributed by atoms with Crippen LogP contribution in [0, 0.1) is 5.92 Å². The molecule has 0 radical (unpaired) electrons. The van der Waals surface area contributed by atoms with Crippen LogP contribution in [-0.4, -0.2) is 36.6 Å². The van der Waals surface area contributed by atoms with Crippen molar-refractivity contribution in [3.8, 4) is 0 Å². The first-order valence-electron chi connectivity index (χ1n) is 10.4. The molecule has 0 aromatic heterocycles. The SMILES string of the molecule is c1ccc(C2CC3CNCC2(N2CCCC2)C(c2ccccc2)C3)cc1. The Morgan fingerprint density at radius 3 is 1.85 bits per heavy atom. The molecule has 2 aromatic carbocycles. The zero-order chi connectivity index (χ0) is 17.4. The normalized spacial score (nSPS) is 34.7. The van der Waals surface area contributed by atoms with E-state index in [4.69, 9.17) is 0 Å². The number of nitrogens with zero attached hydrogens (tertiary/aromatic N) is 1. The largest absolute Gasteiger partial charge is 0.315 e. The van der Waals surface area contributed by atoms with Gasteiger partial charge in [0, 0.05) is 23.9 Å². The molecule has 3 aliphatic heterocycles. The van der Waals surface area contributed by atoms with Crippen molar-refractivity contribution >= 4 is 0 Å². The molecule has 1 saturated carbocycles. The van der Waals surface area contributed by atoms with Gasteiger partial charge in [-0.05, 0) is 62.4 Å². The first kappa shape index (κ1) is 16.5. The van der Waals surface area contributed by atoms with Crippen molar-refractivity contribution in [2.24, 2.45) is 5.92 Å². The standard InChI is InChI=1S/C24H30N2/c1-3-9-20(10-4-1)22-15-19-16-23(21-11-5-2-6-12-21)24(22,18-25-17-19)26-13-7-8-14-26/h1-6,9-12,19,22-23,25H,7-8,13-18H2. The minimum Gasteiger partial charge on any atom is -0.315 e. The molecule has 2 nitrogen and oxygen atoms in total. The van der Waals surface area contributed by atoms with Gasteiger partial charge in [0.1, 0.15) is 0 Å². The summed E-state index contributed by atoms with van der Waals surface area (Å²) in [5.41, 5.74) is 3.31. The number of likely N-dealkylation sites (tertiary alicyclic amines) is 1. The Morgan fingerprint density at radius 2 is 1.31 bits per heavy atom. The van der Waals surface area contributed by atoms with Gasteiger partial charge in [0.15, 0.2) is 0 Å². The summed E-state index contributed by atoms with van der Waals surface area (Å²) in [6.45, 7) is 4.84. The minimum absolute atomic E-state index is 0.214. The van der Waals surface area contributed by atoms with Crippen molar-refractivity contribution in [2.45, 2.75) is 43.1 Å². The molecule has 136 valence electrons. The summed E-state index contributed by atoms with van der Waals surface area (Å²) in [6.07, 6.45) is 5.37. The fraction of sp³-hybridized carbons (Fsp3) is 0.500. The third kappa shape index (κ3) is 2.62. The zero-order valence-corrected chi connectivity index (χ0v) is 15.6. The molecule has 4 aliphatic rings. The van der Waals surface area contributed by atoms with Crippen molar-refractivity contribution in [2.75, 3.05) is 26.2 Å². The molecule has 0 amide bonds. The van der Waals surface area contributed by atoms with Crippen LogP contribution in [0.2, 0.25) is 0 Å². The lowest BCUT2D eigenvalue weighted by atomic mass is 9.59. The highest BCUT2D eigenvalue weighted by Gasteiger charge is 2.56. The van der Waals surface area contributed by atoms with Gasteiger partial charge in [-0.1, -0.05) is 60.7 Å². The Bertz CT molecular complexity index is 671. The van der Waals surface area contributed by atoms with Crippen LogP contribution in [0.15, 0.2) is 60.7 Å². The molecule has 4 fully saturated rings. The highest BCUT2D eigenvalue weighted by atomic mass is 15.3. The highest BCUT2D eigenvalue weighted by molar-refractivity contribution is 5.35. The van der Waals surface area contributed by atoms with Crippen LogP contribution in [0.3, 0.4) is 0 Å². The van der Waals surface area contributed by atoms with E-state index in [2.05, 4.69) is 70.9 Å². The van der Waals surface area contributed by atoms with Gasteiger partial charge in [-0.25, -0.2) is 0 Å². The van der Waals surface area contributed by atoms with Crippen LogP contribution in [0.1, 0.15) is 48.6 Å². The predicted molar refractivity (Wildman–Crippen MR) is 107 cm³/mol. The van der Waals surface area contributed by atoms with E-state index in [-0.39, 0.29) is 5.54 Å². The van der Waals surface area contributed by atoms with E-state index in [1.807, 2.05) is 0 Å². The van der Waals surface area contributed by atoms with Gasteiger partial charge >= 0.3 is 0 Å². The maximum Gasteiger partial charge on any atom is 0.0470 e. The van der Waals surface area contributed by atoms with E-state index >= 15 is 0 Å². The molecular weight excluding hydrogens is 316 g/mol. The van der Waals surface area contributed by atoms with Crippen LogP contribution in [0.25, 0.3) is 0 Å². The van der Waals surface area contributed by atoms with Gasteiger partial charge in [0.05, 0.1) is 0 Å². The summed E-state index contributed by atoms with van der Waals surface area (Å²) in [5.74, 6) is 2.03. The highest BCUT2D eigenvalue weighted by Crippen LogP contribution is 2.55. The van der Waals surface area contributed by atoms with E-state index < -0.39 is 0 Å². The number of hydrogen-bond acceptors (Lipinski definition) is 2. The number of benzene rings is 2. The van der Waals surface area contributed by atoms with Crippen LogP contribution in [0.4, 0.5) is 0 Å². The second kappa shape index (κ2) is 6.83. The van der Waals surface area contributed by atoms with Crippen LogP contribution in [-0.2, 0) is 0 Å². The van der Waals surface area contributed by atoms with E-state index in [0.717, 1.165) is 12.5 Å². The summed E-state index contributed by atoms with van der Waals surface area (Å²) in [7, 11) is 0. The number of rotatable bonds is 3. The van der Waals surface area contributed by atoms with Gasteiger partial charge in [0.25, 0.3) is 0 Å². The fourth-order valence-corrected chi connectivity index (χ4v) is 6.21. The monoisotopic (exact) mass is 346 g/mol. The molecule has 0 spiro atoms. The van der Waals surface area contributed by atoms with E-state index in [9.17, 15) is 0 Å². The number of nitrogens with one attached hydrogen (secondary N) is 1. The van der Waals surface area contributed by atoms with Crippen molar-refractivity contribution < 1.29 is 0 Å². The fourth-order valence-electron chi connectivity index (χ4n) is 6.21. The first-order chi connectivity index (χ1) is 12.9. The smallest absolute Gasteiger partial charge is 0.0470 e. The van der Waals surface area contributed by atoms with Gasteiger partial charge in [-0.2, -0.15) is 0 Å². The summed E-state index contributed by atoms with van der Waals surface area (Å²) < 4.78 is 0. The van der Waals surface area contributed by atoms with Crippen LogP contribution in [0.5, 0.6) is 0 Å². The molecule has 1 N–H and O–H groups in total. The molecule has 3 saturated heterocycles. The lowest BCUT2D eigenvalue weighted by molar-refractivity contribution is 0.0311. The second-order valence-electron chi connectivity index (χ2n) is 8.58. The van der Waals surface area contributed by atoms with E-state index in [0.29, 0.717) is 11.8 Å². The maximum absolute atomic E-state index is 3.88. The first-order valence-corrected chi connectivity index (χ1v) is 10.4. The summed E-state index contributed by atoms with van der Waals surface area (Å²) in [6, 6.07) is 22.8. The molecule has 6 rings (SSSR count). The average molecular weight is 347 g/mol. The van der Waals surface area contributed by atoms with Crippen molar-refractivity contribution in [1.82, 2.24) is 10.2 Å². The predicted octanol–water partition coefficient (Wildman–Crippen LogP) is 4.40. The van der Waals surface area contributed by atoms with Crippen molar-refractivity contribution in [1.29, 1.82) is 0 Å². The van der Waals surface area contributed by atoms with Crippen LogP contribution < -0.4 is 5.32 Å². The Balaban J connectivity index is 1.67. The molecule has 2 heteroatoms. The summed E-state index contributed by atoms with van der Waals surface area (Å²) in [5, 5.41) is 3.88. The molecule has 26 heavy (non-hydrogen) atoms. The van der Waals surface area contributed by atoms with Crippen LogP contribution >= 0.6 is 0 Å². The molecule has 2 atom stereocenters. The summed E-state index contributed by atoms with van der Waals surface area (Å²) >= 11 is 0. The Labute approximate surface area is 157 Å². The zero-order valence-electron chi connectivity index (χ0n) is 15.6. The Hall–Kier alpha value is -1.64. The van der Waals surface area contributed by atoms with Gasteiger partial charge in [-0.3, -0.25) is 4.90 Å². The third-order valence-corrected chi connectivity index (χ3v) is 7.28. The molecular formula is C24H30N2. The minimum atomic E-state index is 0.214. The van der Waals surface area contributed by atoms with Crippen molar-refractivity contribution in [3.05, 3.63) is 71.8 Å². The molecule has 2 aromatic rings. The number of fused-ring (bicyclic) bond motifs is 4. The summed E-state index contributed by atoms with van der Waals surface area (Å²) in [4.78, 5) is 2.87. The number of hydrogen-bond donors (Lipinski definition) is 1. The lowest BCUT2D eigenvalue weighted by Gasteiger charge is -2.55. The van der Waals surface area contributed by atoms with Gasteiger partial charge in [-0.15, -0.1) is 0 Å². The topological polar surface area (TPSA) is 15.3 Å². The second-order valence-corrected chi connectivity index (χ2v) is 8.58.